The third-order valence-corrected chi connectivity index (χ3v) is 4.37. The molecule has 0 aliphatic rings. The van der Waals surface area contributed by atoms with Gasteiger partial charge in [-0.05, 0) is 11.5 Å². The summed E-state index contributed by atoms with van der Waals surface area (Å²) in [4.78, 5) is 24.6. The van der Waals surface area contributed by atoms with E-state index in [0.29, 0.717) is 11.3 Å². The zero-order valence-electron chi connectivity index (χ0n) is 14.2. The van der Waals surface area contributed by atoms with Crippen molar-refractivity contribution in [1.29, 1.82) is 0 Å². The van der Waals surface area contributed by atoms with Gasteiger partial charge >= 0.3 is 0 Å². The number of aromatic nitrogens is 1. The first-order valence-corrected chi connectivity index (χ1v) is 8.22. The Hall–Kier alpha value is -3.54. The van der Waals surface area contributed by atoms with E-state index in [1.165, 1.54) is 0 Å². The molecular weight excluding hydrogens is 330 g/mol. The highest BCUT2D eigenvalue weighted by Gasteiger charge is 2.16. The molecule has 130 valence electrons. The summed E-state index contributed by atoms with van der Waals surface area (Å²) in [6.45, 7) is -0.116. The van der Waals surface area contributed by atoms with Gasteiger partial charge in [0.1, 0.15) is 5.69 Å². The van der Waals surface area contributed by atoms with E-state index < -0.39 is 0 Å². The van der Waals surface area contributed by atoms with Crippen LogP contribution >= 0.6 is 0 Å². The fraction of sp³-hybridized carbons (Fsp3) is 0.100. The normalized spacial score (nSPS) is 11.0. The Balaban J connectivity index is 1.44. The molecule has 2 heterocycles. The minimum absolute atomic E-state index is 0.116. The first kappa shape index (κ1) is 16.0. The molecule has 0 radical (unpaired) electrons. The van der Waals surface area contributed by atoms with Crippen LogP contribution in [0, 0.1) is 0 Å². The number of amides is 2. The average molecular weight is 347 g/mol. The number of fused-ring (bicyclic) bond motifs is 2. The molecule has 0 aliphatic heterocycles. The highest BCUT2D eigenvalue weighted by molar-refractivity contribution is 6.04. The van der Waals surface area contributed by atoms with E-state index >= 15 is 0 Å². The second-order valence-electron chi connectivity index (χ2n) is 6.02. The van der Waals surface area contributed by atoms with Crippen molar-refractivity contribution in [1.82, 2.24) is 9.88 Å². The first-order chi connectivity index (χ1) is 12.6. The third kappa shape index (κ3) is 2.82. The standard InChI is InChI=1S/C20H17N3O3/c1-23-16-9-10-26-18(16)11-17(23)20(25)21-12-19(24)22-15-8-4-6-13-5-2-3-7-14(13)15/h2-11H,12H2,1H3,(H,21,25)(H,22,24). The smallest absolute Gasteiger partial charge is 0.268 e. The molecule has 2 aromatic carbocycles. The highest BCUT2D eigenvalue weighted by atomic mass is 16.3. The summed E-state index contributed by atoms with van der Waals surface area (Å²) in [5.41, 5.74) is 2.63. The van der Waals surface area contributed by atoms with Crippen molar-refractivity contribution in [3.05, 3.63) is 66.6 Å². The van der Waals surface area contributed by atoms with Crippen LogP contribution in [0.4, 0.5) is 5.69 Å². The molecule has 2 amide bonds. The van der Waals surface area contributed by atoms with Crippen LogP contribution < -0.4 is 10.6 Å². The Morgan fingerprint density at radius 2 is 1.88 bits per heavy atom. The van der Waals surface area contributed by atoms with Gasteiger partial charge in [0.05, 0.1) is 18.3 Å². The van der Waals surface area contributed by atoms with E-state index in [1.54, 1.807) is 30.0 Å². The summed E-state index contributed by atoms with van der Waals surface area (Å²) in [5.74, 6) is -0.612. The second-order valence-corrected chi connectivity index (χ2v) is 6.02. The van der Waals surface area contributed by atoms with Crippen LogP contribution in [0.15, 0.2) is 65.3 Å². The van der Waals surface area contributed by atoms with Gasteiger partial charge in [-0.25, -0.2) is 0 Å². The number of benzene rings is 2. The Bertz CT molecular complexity index is 1120. The molecule has 0 atom stereocenters. The minimum atomic E-state index is -0.327. The van der Waals surface area contributed by atoms with Crippen molar-refractivity contribution < 1.29 is 14.0 Å². The number of carbonyl (C=O) groups excluding carboxylic acids is 2. The average Bonchev–Trinajstić information content (AvgIpc) is 3.23. The molecule has 2 aromatic heterocycles. The fourth-order valence-corrected chi connectivity index (χ4v) is 3.05. The van der Waals surface area contributed by atoms with Crippen molar-refractivity contribution in [2.75, 3.05) is 11.9 Å². The van der Waals surface area contributed by atoms with Crippen LogP contribution in [-0.2, 0) is 11.8 Å². The van der Waals surface area contributed by atoms with Crippen molar-refractivity contribution in [2.45, 2.75) is 0 Å². The Kier molecular flexibility index (Phi) is 3.93. The lowest BCUT2D eigenvalue weighted by atomic mass is 10.1. The van der Waals surface area contributed by atoms with Crippen LogP contribution in [-0.4, -0.2) is 22.9 Å². The molecule has 0 saturated carbocycles. The molecule has 6 heteroatoms. The summed E-state index contributed by atoms with van der Waals surface area (Å²) in [6.07, 6.45) is 1.57. The summed E-state index contributed by atoms with van der Waals surface area (Å²) >= 11 is 0. The molecule has 0 unspecified atom stereocenters. The Labute approximate surface area is 149 Å². The maximum absolute atomic E-state index is 12.3. The van der Waals surface area contributed by atoms with Crippen LogP contribution in [0.3, 0.4) is 0 Å². The molecular formula is C20H17N3O3. The zero-order valence-corrected chi connectivity index (χ0v) is 14.2. The summed E-state index contributed by atoms with van der Waals surface area (Å²) in [6, 6.07) is 17.0. The number of aryl methyl sites for hydroxylation is 1. The minimum Gasteiger partial charge on any atom is -0.463 e. The molecule has 26 heavy (non-hydrogen) atoms. The van der Waals surface area contributed by atoms with Gasteiger partial charge in [-0.15, -0.1) is 0 Å². The Morgan fingerprint density at radius 3 is 2.73 bits per heavy atom. The SMILES string of the molecule is Cn1c(C(=O)NCC(=O)Nc2cccc3ccccc23)cc2occc21. The van der Waals surface area contributed by atoms with Gasteiger partial charge in [-0.2, -0.15) is 0 Å². The molecule has 0 spiro atoms. The number of rotatable bonds is 4. The van der Waals surface area contributed by atoms with E-state index in [1.807, 2.05) is 42.5 Å². The first-order valence-electron chi connectivity index (χ1n) is 8.22. The zero-order chi connectivity index (χ0) is 18.1. The number of anilines is 1. The molecule has 2 N–H and O–H groups in total. The van der Waals surface area contributed by atoms with Crippen LogP contribution in [0.2, 0.25) is 0 Å². The maximum atomic E-state index is 12.3. The molecule has 4 aromatic rings. The predicted octanol–water partition coefficient (Wildman–Crippen LogP) is 3.29. The van der Waals surface area contributed by atoms with Crippen molar-refractivity contribution in [3.63, 3.8) is 0 Å². The molecule has 0 bridgehead atoms. The van der Waals surface area contributed by atoms with Crippen LogP contribution in [0.5, 0.6) is 0 Å². The van der Waals surface area contributed by atoms with Gasteiger partial charge in [-0.1, -0.05) is 36.4 Å². The monoisotopic (exact) mass is 347 g/mol. The van der Waals surface area contributed by atoms with E-state index in [2.05, 4.69) is 10.6 Å². The fourth-order valence-electron chi connectivity index (χ4n) is 3.05. The van der Waals surface area contributed by atoms with E-state index in [4.69, 9.17) is 4.42 Å². The number of furan rings is 1. The maximum Gasteiger partial charge on any atom is 0.268 e. The number of hydrogen-bond donors (Lipinski definition) is 2. The second kappa shape index (κ2) is 6.40. The van der Waals surface area contributed by atoms with Crippen LogP contribution in [0.1, 0.15) is 10.5 Å². The lowest BCUT2D eigenvalue weighted by molar-refractivity contribution is -0.115. The van der Waals surface area contributed by atoms with Crippen LogP contribution in [0.25, 0.3) is 21.9 Å². The van der Waals surface area contributed by atoms with E-state index in [-0.39, 0.29) is 18.4 Å². The van der Waals surface area contributed by atoms with Crippen molar-refractivity contribution >= 4 is 39.4 Å². The van der Waals surface area contributed by atoms with Crippen molar-refractivity contribution in [3.8, 4) is 0 Å². The largest absolute Gasteiger partial charge is 0.463 e. The topological polar surface area (TPSA) is 76.3 Å². The number of hydrogen-bond acceptors (Lipinski definition) is 3. The number of nitrogens with zero attached hydrogens (tertiary/aromatic N) is 1. The molecule has 6 nitrogen and oxygen atoms in total. The summed E-state index contributed by atoms with van der Waals surface area (Å²) < 4.78 is 7.03. The highest BCUT2D eigenvalue weighted by Crippen LogP contribution is 2.23. The molecule has 4 rings (SSSR count). The van der Waals surface area contributed by atoms with Gasteiger partial charge in [0.2, 0.25) is 5.91 Å². The lowest BCUT2D eigenvalue weighted by Gasteiger charge is -2.10. The van der Waals surface area contributed by atoms with Crippen molar-refractivity contribution in [2.24, 2.45) is 7.05 Å². The van der Waals surface area contributed by atoms with Gasteiger partial charge < -0.3 is 19.6 Å². The predicted molar refractivity (Wildman–Crippen MR) is 100 cm³/mol. The van der Waals surface area contributed by atoms with Gasteiger partial charge in [-0.3, -0.25) is 9.59 Å². The molecule has 0 aliphatic carbocycles. The van der Waals surface area contributed by atoms with E-state index in [0.717, 1.165) is 22.0 Å². The molecule has 0 fully saturated rings. The van der Waals surface area contributed by atoms with Gasteiger partial charge in [0.15, 0.2) is 5.58 Å². The van der Waals surface area contributed by atoms with E-state index in [9.17, 15) is 9.59 Å². The Morgan fingerprint density at radius 1 is 1.08 bits per heavy atom. The number of nitrogens with one attached hydrogen (secondary N) is 2. The number of carbonyl (C=O) groups is 2. The third-order valence-electron chi connectivity index (χ3n) is 4.37. The van der Waals surface area contributed by atoms with Gasteiger partial charge in [0, 0.05) is 30.3 Å². The lowest BCUT2D eigenvalue weighted by Crippen LogP contribution is -2.33. The summed E-state index contributed by atoms with van der Waals surface area (Å²) in [5, 5.41) is 7.49. The molecule has 0 saturated heterocycles. The van der Waals surface area contributed by atoms with Gasteiger partial charge in [0.25, 0.3) is 5.91 Å². The quantitative estimate of drug-likeness (QED) is 0.595. The summed E-state index contributed by atoms with van der Waals surface area (Å²) in [7, 11) is 1.78.